The first-order valence-electron chi connectivity index (χ1n) is 6.83. The lowest BCUT2D eigenvalue weighted by Gasteiger charge is -2.17. The summed E-state index contributed by atoms with van der Waals surface area (Å²) in [6.45, 7) is 1.37. The predicted octanol–water partition coefficient (Wildman–Crippen LogP) is -0.0808. The number of benzene rings is 1. The lowest BCUT2D eigenvalue weighted by molar-refractivity contribution is -0.116. The van der Waals surface area contributed by atoms with Gasteiger partial charge in [-0.3, -0.25) is 0 Å². The quantitative estimate of drug-likeness (QED) is 0.680. The van der Waals surface area contributed by atoms with Crippen molar-refractivity contribution in [2.75, 3.05) is 6.61 Å². The van der Waals surface area contributed by atoms with Crippen molar-refractivity contribution in [3.8, 4) is 5.75 Å². The molecule has 1 aliphatic rings. The predicted molar refractivity (Wildman–Crippen MR) is 75.6 cm³/mol. The fraction of sp³-hybridized carbons (Fsp3) is 0.400. The van der Waals surface area contributed by atoms with Gasteiger partial charge in [-0.15, -0.1) is 0 Å². The fourth-order valence-electron chi connectivity index (χ4n) is 2.48. The summed E-state index contributed by atoms with van der Waals surface area (Å²) in [4.78, 5) is 11.4. The van der Waals surface area contributed by atoms with Crippen molar-refractivity contribution >= 4 is 11.0 Å². The second kappa shape index (κ2) is 5.69. The number of rotatable bonds is 3. The van der Waals surface area contributed by atoms with Gasteiger partial charge in [0.2, 0.25) is 6.29 Å². The molecule has 3 N–H and O–H groups in total. The van der Waals surface area contributed by atoms with Gasteiger partial charge in [0, 0.05) is 17.5 Å². The van der Waals surface area contributed by atoms with Crippen LogP contribution in [0.2, 0.25) is 0 Å². The minimum absolute atomic E-state index is 0.316. The highest BCUT2D eigenvalue weighted by Gasteiger charge is 2.43. The molecule has 0 spiro atoms. The van der Waals surface area contributed by atoms with Crippen molar-refractivity contribution in [2.45, 2.75) is 31.5 Å². The standard InChI is InChI=1S/C15H16O7/c1-7-4-12(17)21-10-5-8(2-3-9(7)10)20-15-14(19)13(18)11(6-16)22-15/h2-5,11,13-16,18-19H,6H2,1H3/t11-,13+,14?,15+/m0/s1. The number of hydrogen-bond acceptors (Lipinski definition) is 7. The Morgan fingerprint density at radius 1 is 1.23 bits per heavy atom. The molecule has 0 bridgehead atoms. The number of hydrogen-bond donors (Lipinski definition) is 3. The summed E-state index contributed by atoms with van der Waals surface area (Å²) in [5.41, 5.74) is 0.676. The molecule has 1 saturated heterocycles. The van der Waals surface area contributed by atoms with E-state index >= 15 is 0 Å². The van der Waals surface area contributed by atoms with Crippen LogP contribution in [-0.2, 0) is 4.74 Å². The van der Waals surface area contributed by atoms with E-state index in [0.29, 0.717) is 11.3 Å². The summed E-state index contributed by atoms with van der Waals surface area (Å²) in [5, 5.41) is 29.3. The number of aliphatic hydroxyl groups is 3. The summed E-state index contributed by atoms with van der Waals surface area (Å²) in [6.07, 6.45) is -4.52. The van der Waals surface area contributed by atoms with E-state index in [4.69, 9.17) is 19.0 Å². The average Bonchev–Trinajstić information content (AvgIpc) is 2.74. The Kier molecular flexibility index (Phi) is 3.88. The van der Waals surface area contributed by atoms with E-state index in [1.807, 2.05) is 0 Å². The third kappa shape index (κ3) is 2.59. The molecular weight excluding hydrogens is 292 g/mol. The summed E-state index contributed by atoms with van der Waals surface area (Å²) in [6, 6.07) is 6.28. The lowest BCUT2D eigenvalue weighted by atomic mass is 10.1. The first-order chi connectivity index (χ1) is 10.5. The van der Waals surface area contributed by atoms with E-state index in [0.717, 1.165) is 10.9 Å². The normalized spacial score (nSPS) is 28.2. The van der Waals surface area contributed by atoms with E-state index in [1.54, 1.807) is 19.1 Å². The van der Waals surface area contributed by atoms with Gasteiger partial charge in [0.05, 0.1) is 6.61 Å². The van der Waals surface area contributed by atoms with Gasteiger partial charge in [0.1, 0.15) is 29.6 Å². The Morgan fingerprint density at radius 3 is 2.68 bits per heavy atom. The maximum atomic E-state index is 11.4. The zero-order valence-corrected chi connectivity index (χ0v) is 11.8. The molecule has 1 aromatic carbocycles. The molecule has 118 valence electrons. The molecule has 22 heavy (non-hydrogen) atoms. The first-order valence-corrected chi connectivity index (χ1v) is 6.83. The monoisotopic (exact) mass is 308 g/mol. The van der Waals surface area contributed by atoms with Crippen LogP contribution in [0.3, 0.4) is 0 Å². The lowest BCUT2D eigenvalue weighted by Crippen LogP contribution is -2.35. The van der Waals surface area contributed by atoms with Crippen LogP contribution in [0.5, 0.6) is 5.75 Å². The third-order valence-electron chi connectivity index (χ3n) is 3.67. The van der Waals surface area contributed by atoms with Crippen molar-refractivity contribution in [1.82, 2.24) is 0 Å². The van der Waals surface area contributed by atoms with Gasteiger partial charge in [0.15, 0.2) is 0 Å². The molecule has 1 aromatic heterocycles. The number of aliphatic hydroxyl groups excluding tert-OH is 3. The molecule has 1 unspecified atom stereocenters. The van der Waals surface area contributed by atoms with Gasteiger partial charge < -0.3 is 29.2 Å². The van der Waals surface area contributed by atoms with Gasteiger partial charge in [-0.1, -0.05) is 0 Å². The maximum absolute atomic E-state index is 11.4. The Hall–Kier alpha value is -1.93. The molecule has 2 aromatic rings. The van der Waals surface area contributed by atoms with Gasteiger partial charge >= 0.3 is 5.63 Å². The Labute approximate surface area is 125 Å². The number of ether oxygens (including phenoxy) is 2. The molecule has 3 rings (SSSR count). The van der Waals surface area contributed by atoms with E-state index < -0.39 is 36.8 Å². The van der Waals surface area contributed by atoms with Gasteiger partial charge in [0.25, 0.3) is 0 Å². The zero-order valence-electron chi connectivity index (χ0n) is 11.8. The Balaban J connectivity index is 1.87. The fourth-order valence-corrected chi connectivity index (χ4v) is 2.48. The average molecular weight is 308 g/mol. The van der Waals surface area contributed by atoms with Crippen molar-refractivity contribution in [3.05, 3.63) is 40.2 Å². The van der Waals surface area contributed by atoms with Crippen LogP contribution in [0.1, 0.15) is 5.56 Å². The summed E-state index contributed by atoms with van der Waals surface area (Å²) >= 11 is 0. The molecule has 0 amide bonds. The number of fused-ring (bicyclic) bond motifs is 1. The van der Waals surface area contributed by atoms with Crippen LogP contribution < -0.4 is 10.4 Å². The summed E-state index contributed by atoms with van der Waals surface area (Å²) in [7, 11) is 0. The Morgan fingerprint density at radius 2 is 2.00 bits per heavy atom. The van der Waals surface area contributed by atoms with Crippen LogP contribution in [0, 0.1) is 6.92 Å². The van der Waals surface area contributed by atoms with E-state index in [1.165, 1.54) is 12.1 Å². The highest BCUT2D eigenvalue weighted by molar-refractivity contribution is 5.81. The van der Waals surface area contributed by atoms with Gasteiger partial charge in [-0.05, 0) is 24.6 Å². The van der Waals surface area contributed by atoms with E-state index in [-0.39, 0.29) is 0 Å². The smallest absolute Gasteiger partial charge is 0.336 e. The third-order valence-corrected chi connectivity index (χ3v) is 3.67. The minimum Gasteiger partial charge on any atom is -0.462 e. The minimum atomic E-state index is -1.28. The first kappa shape index (κ1) is 15.0. The Bertz CT molecular complexity index is 738. The molecule has 7 heteroatoms. The molecule has 0 saturated carbocycles. The van der Waals surface area contributed by atoms with E-state index in [9.17, 15) is 15.0 Å². The second-order valence-electron chi connectivity index (χ2n) is 5.23. The maximum Gasteiger partial charge on any atom is 0.336 e. The molecule has 4 atom stereocenters. The molecule has 7 nitrogen and oxygen atoms in total. The highest BCUT2D eigenvalue weighted by atomic mass is 16.7. The van der Waals surface area contributed by atoms with Crippen molar-refractivity contribution in [2.24, 2.45) is 0 Å². The topological polar surface area (TPSA) is 109 Å². The summed E-state index contributed by atoms with van der Waals surface area (Å²) < 4.78 is 15.8. The van der Waals surface area contributed by atoms with Gasteiger partial charge in [-0.2, -0.15) is 0 Å². The van der Waals surface area contributed by atoms with Crippen molar-refractivity contribution in [3.63, 3.8) is 0 Å². The highest BCUT2D eigenvalue weighted by Crippen LogP contribution is 2.27. The van der Waals surface area contributed by atoms with Crippen molar-refractivity contribution < 1.29 is 29.2 Å². The number of aryl methyl sites for hydroxylation is 1. The van der Waals surface area contributed by atoms with Crippen LogP contribution in [0.25, 0.3) is 11.0 Å². The molecule has 2 heterocycles. The molecular formula is C15H16O7. The second-order valence-corrected chi connectivity index (χ2v) is 5.23. The van der Waals surface area contributed by atoms with Crippen molar-refractivity contribution in [1.29, 1.82) is 0 Å². The molecule has 1 aliphatic heterocycles. The molecule has 0 aliphatic carbocycles. The van der Waals surface area contributed by atoms with Crippen LogP contribution in [0.15, 0.2) is 33.5 Å². The SMILES string of the molecule is Cc1cc(=O)oc2cc(O[C@@H]3O[C@@H](CO)[C@@H](O)C3O)ccc12. The van der Waals surface area contributed by atoms with E-state index in [2.05, 4.69) is 0 Å². The van der Waals surface area contributed by atoms with Crippen LogP contribution in [0.4, 0.5) is 0 Å². The van der Waals surface area contributed by atoms with Crippen LogP contribution >= 0.6 is 0 Å². The molecule has 1 fully saturated rings. The zero-order chi connectivity index (χ0) is 15.9. The van der Waals surface area contributed by atoms with Gasteiger partial charge in [-0.25, -0.2) is 4.79 Å². The molecule has 0 radical (unpaired) electrons. The largest absolute Gasteiger partial charge is 0.462 e. The summed E-state index contributed by atoms with van der Waals surface area (Å²) in [5.74, 6) is 0.316. The van der Waals surface area contributed by atoms with Crippen LogP contribution in [-0.4, -0.2) is 46.5 Å².